The molecule has 7 heteroatoms. The lowest BCUT2D eigenvalue weighted by molar-refractivity contribution is -0.129. The van der Waals surface area contributed by atoms with E-state index < -0.39 is 0 Å². The minimum Gasteiger partial charge on any atom is -0.342 e. The van der Waals surface area contributed by atoms with Gasteiger partial charge in [-0.3, -0.25) is 9.36 Å². The molecule has 5 nitrogen and oxygen atoms in total. The van der Waals surface area contributed by atoms with E-state index in [0.717, 1.165) is 37.2 Å². The van der Waals surface area contributed by atoms with Gasteiger partial charge in [-0.15, -0.1) is 10.2 Å². The van der Waals surface area contributed by atoms with E-state index in [2.05, 4.69) is 10.2 Å². The normalized spacial score (nSPS) is 14.2. The highest BCUT2D eigenvalue weighted by Gasteiger charge is 2.21. The number of hydrogen-bond acceptors (Lipinski definition) is 4. The summed E-state index contributed by atoms with van der Waals surface area (Å²) in [4.78, 5) is 14.5. The van der Waals surface area contributed by atoms with Crippen LogP contribution >= 0.6 is 23.4 Å². The second-order valence-corrected chi connectivity index (χ2v) is 8.04. The monoisotopic (exact) mass is 412 g/mol. The van der Waals surface area contributed by atoms with Gasteiger partial charge in [-0.25, -0.2) is 0 Å². The lowest BCUT2D eigenvalue weighted by Gasteiger charge is -2.26. The van der Waals surface area contributed by atoms with Crippen molar-refractivity contribution in [3.8, 4) is 17.1 Å². The molecule has 28 heavy (non-hydrogen) atoms. The Bertz CT molecular complexity index is 954. The molecule has 2 aromatic carbocycles. The summed E-state index contributed by atoms with van der Waals surface area (Å²) in [6.07, 6.45) is 3.39. The maximum atomic E-state index is 12.6. The van der Waals surface area contributed by atoms with Crippen molar-refractivity contribution in [3.63, 3.8) is 0 Å². The molecule has 0 spiro atoms. The number of carbonyl (C=O) groups excluding carboxylic acids is 1. The van der Waals surface area contributed by atoms with Crippen LogP contribution in [0.25, 0.3) is 17.1 Å². The highest BCUT2D eigenvalue weighted by Crippen LogP contribution is 2.32. The Kier molecular flexibility index (Phi) is 5.98. The van der Waals surface area contributed by atoms with E-state index in [-0.39, 0.29) is 5.91 Å². The number of carbonyl (C=O) groups is 1. The summed E-state index contributed by atoms with van der Waals surface area (Å²) in [7, 11) is 0. The zero-order valence-electron chi connectivity index (χ0n) is 15.4. The Morgan fingerprint density at radius 2 is 1.68 bits per heavy atom. The first-order chi connectivity index (χ1) is 13.7. The van der Waals surface area contributed by atoms with Crippen LogP contribution in [0.3, 0.4) is 0 Å². The second kappa shape index (κ2) is 8.80. The summed E-state index contributed by atoms with van der Waals surface area (Å²) in [5.41, 5.74) is 1.75. The molecule has 1 fully saturated rings. The van der Waals surface area contributed by atoms with Crippen LogP contribution in [0.2, 0.25) is 5.02 Å². The average Bonchev–Trinajstić information content (AvgIpc) is 3.17. The number of aromatic nitrogens is 3. The minimum atomic E-state index is 0.159. The van der Waals surface area contributed by atoms with Gasteiger partial charge in [-0.2, -0.15) is 0 Å². The van der Waals surface area contributed by atoms with Gasteiger partial charge in [0.1, 0.15) is 0 Å². The number of rotatable bonds is 5. The molecule has 0 aliphatic carbocycles. The highest BCUT2D eigenvalue weighted by atomic mass is 35.5. The number of benzene rings is 2. The van der Waals surface area contributed by atoms with Crippen molar-refractivity contribution in [2.45, 2.75) is 24.4 Å². The number of likely N-dealkylation sites (tertiary alicyclic amines) is 1. The lowest BCUT2D eigenvalue weighted by atomic mass is 10.1. The Balaban J connectivity index is 1.64. The van der Waals surface area contributed by atoms with Crippen molar-refractivity contribution < 1.29 is 4.79 Å². The zero-order valence-corrected chi connectivity index (χ0v) is 17.0. The molecule has 0 unspecified atom stereocenters. The number of halogens is 1. The van der Waals surface area contributed by atoms with Crippen LogP contribution < -0.4 is 0 Å². The third-order valence-corrected chi connectivity index (χ3v) is 6.04. The van der Waals surface area contributed by atoms with Gasteiger partial charge in [0, 0.05) is 24.3 Å². The van der Waals surface area contributed by atoms with Crippen LogP contribution in [-0.2, 0) is 4.79 Å². The van der Waals surface area contributed by atoms with Crippen LogP contribution in [-0.4, -0.2) is 44.4 Å². The summed E-state index contributed by atoms with van der Waals surface area (Å²) in [6, 6.07) is 17.5. The molecular weight excluding hydrogens is 392 g/mol. The molecule has 0 bridgehead atoms. The lowest BCUT2D eigenvalue weighted by Crippen LogP contribution is -2.36. The molecule has 1 aliphatic heterocycles. The molecule has 2 heterocycles. The Labute approximate surface area is 173 Å². The summed E-state index contributed by atoms with van der Waals surface area (Å²) < 4.78 is 1.97. The Morgan fingerprint density at radius 1 is 0.964 bits per heavy atom. The molecule has 3 aromatic rings. The third-order valence-electron chi connectivity index (χ3n) is 4.80. The fraction of sp³-hybridized carbons (Fsp3) is 0.286. The first-order valence-electron chi connectivity index (χ1n) is 9.40. The van der Waals surface area contributed by atoms with Gasteiger partial charge >= 0.3 is 0 Å². The number of hydrogen-bond donors (Lipinski definition) is 0. The molecule has 144 valence electrons. The molecule has 0 N–H and O–H groups in total. The largest absolute Gasteiger partial charge is 0.342 e. The average molecular weight is 413 g/mol. The number of nitrogens with zero attached hydrogens (tertiary/aromatic N) is 4. The van der Waals surface area contributed by atoms with Crippen molar-refractivity contribution >= 4 is 29.3 Å². The summed E-state index contributed by atoms with van der Waals surface area (Å²) in [6.45, 7) is 1.71. The van der Waals surface area contributed by atoms with E-state index in [1.54, 1.807) is 0 Å². The quantitative estimate of drug-likeness (QED) is 0.570. The molecule has 1 amide bonds. The first-order valence-corrected chi connectivity index (χ1v) is 10.8. The molecule has 0 saturated carbocycles. The van der Waals surface area contributed by atoms with Gasteiger partial charge in [0.25, 0.3) is 0 Å². The smallest absolute Gasteiger partial charge is 0.233 e. The number of thioether (sulfide) groups is 1. The minimum absolute atomic E-state index is 0.159. The van der Waals surface area contributed by atoms with E-state index in [1.165, 1.54) is 18.2 Å². The molecular formula is C21H21ClN4OS. The van der Waals surface area contributed by atoms with E-state index in [1.807, 2.05) is 64.1 Å². The molecule has 1 aromatic heterocycles. The number of para-hydroxylation sites is 1. The standard InChI is InChI=1S/C21H21ClN4OS/c22-18-12-6-5-11-17(18)20-23-24-21(26(20)16-9-3-1-4-10-16)28-15-19(27)25-13-7-2-8-14-25/h1,3-6,9-12H,2,7-8,13-15H2. The van der Waals surface area contributed by atoms with Crippen molar-refractivity contribution in [1.82, 2.24) is 19.7 Å². The van der Waals surface area contributed by atoms with E-state index >= 15 is 0 Å². The zero-order chi connectivity index (χ0) is 19.3. The Morgan fingerprint density at radius 3 is 2.43 bits per heavy atom. The van der Waals surface area contributed by atoms with Gasteiger partial charge < -0.3 is 4.90 Å². The van der Waals surface area contributed by atoms with Gasteiger partial charge in [0.2, 0.25) is 5.91 Å². The van der Waals surface area contributed by atoms with Crippen molar-refractivity contribution in [3.05, 3.63) is 59.6 Å². The molecule has 0 radical (unpaired) electrons. The molecule has 1 aliphatic rings. The van der Waals surface area contributed by atoms with E-state index in [9.17, 15) is 4.79 Å². The summed E-state index contributed by atoms with van der Waals surface area (Å²) in [5, 5.41) is 10.1. The van der Waals surface area contributed by atoms with Crippen LogP contribution in [0.1, 0.15) is 19.3 Å². The topological polar surface area (TPSA) is 51.0 Å². The maximum Gasteiger partial charge on any atom is 0.233 e. The molecule has 1 saturated heterocycles. The van der Waals surface area contributed by atoms with Gasteiger partial charge in [0.05, 0.1) is 10.8 Å². The predicted molar refractivity (Wildman–Crippen MR) is 113 cm³/mol. The molecule has 4 rings (SSSR count). The third kappa shape index (κ3) is 4.08. The number of amides is 1. The summed E-state index contributed by atoms with van der Waals surface area (Å²) >= 11 is 7.83. The van der Waals surface area contributed by atoms with E-state index in [4.69, 9.17) is 11.6 Å². The van der Waals surface area contributed by atoms with Gasteiger partial charge in [-0.1, -0.05) is 53.7 Å². The number of piperidine rings is 1. The fourth-order valence-corrected chi connectivity index (χ4v) is 4.43. The van der Waals surface area contributed by atoms with Crippen molar-refractivity contribution in [2.24, 2.45) is 0 Å². The Hall–Kier alpha value is -2.31. The van der Waals surface area contributed by atoms with E-state index in [0.29, 0.717) is 21.8 Å². The van der Waals surface area contributed by atoms with Crippen LogP contribution in [0, 0.1) is 0 Å². The van der Waals surface area contributed by atoms with Crippen molar-refractivity contribution in [2.75, 3.05) is 18.8 Å². The fourth-order valence-electron chi connectivity index (χ4n) is 3.35. The maximum absolute atomic E-state index is 12.6. The van der Waals surface area contributed by atoms with Crippen LogP contribution in [0.5, 0.6) is 0 Å². The van der Waals surface area contributed by atoms with Crippen molar-refractivity contribution in [1.29, 1.82) is 0 Å². The second-order valence-electron chi connectivity index (χ2n) is 6.69. The molecule has 0 atom stereocenters. The van der Waals surface area contributed by atoms with Gasteiger partial charge in [0.15, 0.2) is 11.0 Å². The highest BCUT2D eigenvalue weighted by molar-refractivity contribution is 7.99. The SMILES string of the molecule is O=C(CSc1nnc(-c2ccccc2Cl)n1-c1ccccc1)N1CCCCC1. The van der Waals surface area contributed by atoms with Crippen LogP contribution in [0.15, 0.2) is 59.8 Å². The predicted octanol–water partition coefficient (Wildman–Crippen LogP) is 4.69. The van der Waals surface area contributed by atoms with Gasteiger partial charge in [-0.05, 0) is 43.5 Å². The summed E-state index contributed by atoms with van der Waals surface area (Å²) in [5.74, 6) is 1.18. The first kappa shape index (κ1) is 19.0. The van der Waals surface area contributed by atoms with Crippen LogP contribution in [0.4, 0.5) is 0 Å².